The SMILES string of the molecule is COc1ccc(CS(N)(=O)=O)cc1Br. The maximum absolute atomic E-state index is 10.8. The van der Waals surface area contributed by atoms with E-state index in [0.29, 0.717) is 15.8 Å². The van der Waals surface area contributed by atoms with Crippen molar-refractivity contribution in [3.8, 4) is 5.75 Å². The largest absolute Gasteiger partial charge is 0.496 e. The van der Waals surface area contributed by atoms with Crippen LogP contribution in [-0.4, -0.2) is 15.5 Å². The van der Waals surface area contributed by atoms with Crippen LogP contribution in [0.15, 0.2) is 22.7 Å². The zero-order valence-corrected chi connectivity index (χ0v) is 9.93. The van der Waals surface area contributed by atoms with Gasteiger partial charge in [-0.1, -0.05) is 6.07 Å². The van der Waals surface area contributed by atoms with E-state index in [-0.39, 0.29) is 5.75 Å². The highest BCUT2D eigenvalue weighted by Gasteiger charge is 2.07. The van der Waals surface area contributed by atoms with E-state index in [1.54, 1.807) is 25.3 Å². The summed E-state index contributed by atoms with van der Waals surface area (Å²) in [5.41, 5.74) is 0.625. The predicted octanol–water partition coefficient (Wildman–Crippen LogP) is 1.25. The molecule has 0 aliphatic carbocycles. The van der Waals surface area contributed by atoms with Gasteiger partial charge in [0, 0.05) is 0 Å². The Labute approximate surface area is 91.2 Å². The van der Waals surface area contributed by atoms with Gasteiger partial charge in [0.15, 0.2) is 0 Å². The summed E-state index contributed by atoms with van der Waals surface area (Å²) in [6.45, 7) is 0. The molecule has 78 valence electrons. The van der Waals surface area contributed by atoms with Gasteiger partial charge in [0.05, 0.1) is 17.3 Å². The van der Waals surface area contributed by atoms with Crippen molar-refractivity contribution in [2.24, 2.45) is 5.14 Å². The molecular weight excluding hydrogens is 270 g/mol. The van der Waals surface area contributed by atoms with Gasteiger partial charge in [-0.05, 0) is 33.6 Å². The van der Waals surface area contributed by atoms with Crippen LogP contribution in [0.1, 0.15) is 5.56 Å². The van der Waals surface area contributed by atoms with Crippen molar-refractivity contribution in [3.05, 3.63) is 28.2 Å². The highest BCUT2D eigenvalue weighted by Crippen LogP contribution is 2.25. The van der Waals surface area contributed by atoms with E-state index in [0.717, 1.165) is 0 Å². The molecule has 0 unspecified atom stereocenters. The van der Waals surface area contributed by atoms with Gasteiger partial charge < -0.3 is 4.74 Å². The Bertz CT molecular complexity index is 430. The van der Waals surface area contributed by atoms with Crippen LogP contribution in [0.5, 0.6) is 5.75 Å². The zero-order valence-electron chi connectivity index (χ0n) is 7.53. The van der Waals surface area contributed by atoms with Crippen LogP contribution in [0.3, 0.4) is 0 Å². The molecule has 0 aromatic heterocycles. The normalized spacial score (nSPS) is 11.4. The summed E-state index contributed by atoms with van der Waals surface area (Å²) < 4.78 is 27.3. The first-order valence-electron chi connectivity index (χ1n) is 3.75. The van der Waals surface area contributed by atoms with Crippen LogP contribution >= 0.6 is 15.9 Å². The van der Waals surface area contributed by atoms with Gasteiger partial charge >= 0.3 is 0 Å². The number of hydrogen-bond acceptors (Lipinski definition) is 3. The summed E-state index contributed by atoms with van der Waals surface area (Å²) >= 11 is 3.25. The van der Waals surface area contributed by atoms with E-state index in [9.17, 15) is 8.42 Å². The van der Waals surface area contributed by atoms with Crippen LogP contribution in [0.4, 0.5) is 0 Å². The summed E-state index contributed by atoms with van der Waals surface area (Å²) in [5.74, 6) is 0.485. The van der Waals surface area contributed by atoms with Gasteiger partial charge in [-0.3, -0.25) is 0 Å². The summed E-state index contributed by atoms with van der Waals surface area (Å²) in [7, 11) is -1.93. The van der Waals surface area contributed by atoms with Gasteiger partial charge in [-0.25, -0.2) is 13.6 Å². The molecule has 4 nitrogen and oxygen atoms in total. The van der Waals surface area contributed by atoms with E-state index < -0.39 is 10.0 Å². The minimum Gasteiger partial charge on any atom is -0.496 e. The van der Waals surface area contributed by atoms with Gasteiger partial charge in [0.1, 0.15) is 5.75 Å². The molecule has 0 spiro atoms. The second-order valence-electron chi connectivity index (χ2n) is 2.78. The lowest BCUT2D eigenvalue weighted by molar-refractivity contribution is 0.412. The molecule has 0 saturated carbocycles. The first kappa shape index (κ1) is 11.5. The average molecular weight is 280 g/mol. The Morgan fingerprint density at radius 2 is 2.14 bits per heavy atom. The highest BCUT2D eigenvalue weighted by molar-refractivity contribution is 9.10. The van der Waals surface area contributed by atoms with Crippen LogP contribution in [0.25, 0.3) is 0 Å². The summed E-state index contributed by atoms with van der Waals surface area (Å²) in [6, 6.07) is 5.02. The summed E-state index contributed by atoms with van der Waals surface area (Å²) in [6.07, 6.45) is 0. The third-order valence-electron chi connectivity index (χ3n) is 1.58. The lowest BCUT2D eigenvalue weighted by Crippen LogP contribution is -2.14. The number of halogens is 1. The molecule has 1 aromatic carbocycles. The van der Waals surface area contributed by atoms with E-state index in [2.05, 4.69) is 15.9 Å². The molecule has 0 aliphatic heterocycles. The first-order chi connectivity index (χ1) is 6.42. The zero-order chi connectivity index (χ0) is 10.8. The maximum atomic E-state index is 10.8. The van der Waals surface area contributed by atoms with Crippen LogP contribution in [0, 0.1) is 0 Å². The maximum Gasteiger partial charge on any atom is 0.213 e. The molecule has 0 heterocycles. The smallest absolute Gasteiger partial charge is 0.213 e. The van der Waals surface area contributed by atoms with Gasteiger partial charge in [0.25, 0.3) is 0 Å². The lowest BCUT2D eigenvalue weighted by atomic mass is 10.2. The number of sulfonamides is 1. The molecule has 0 aliphatic rings. The molecule has 0 fully saturated rings. The number of primary sulfonamides is 1. The second-order valence-corrected chi connectivity index (χ2v) is 5.24. The Hall–Kier alpha value is -0.590. The summed E-state index contributed by atoms with van der Waals surface area (Å²) in [4.78, 5) is 0. The molecule has 14 heavy (non-hydrogen) atoms. The highest BCUT2D eigenvalue weighted by atomic mass is 79.9. The van der Waals surface area contributed by atoms with Crippen molar-refractivity contribution in [1.29, 1.82) is 0 Å². The fourth-order valence-electron chi connectivity index (χ4n) is 1.03. The van der Waals surface area contributed by atoms with Crippen molar-refractivity contribution in [2.75, 3.05) is 7.11 Å². The van der Waals surface area contributed by atoms with Gasteiger partial charge in [-0.2, -0.15) is 0 Å². The van der Waals surface area contributed by atoms with Crippen molar-refractivity contribution >= 4 is 26.0 Å². The van der Waals surface area contributed by atoms with Crippen LogP contribution < -0.4 is 9.88 Å². The molecule has 1 aromatic rings. The van der Waals surface area contributed by atoms with E-state index >= 15 is 0 Å². The molecule has 0 atom stereocenters. The van der Waals surface area contributed by atoms with Crippen molar-refractivity contribution < 1.29 is 13.2 Å². The molecule has 2 N–H and O–H groups in total. The van der Waals surface area contributed by atoms with E-state index in [4.69, 9.17) is 9.88 Å². The number of benzene rings is 1. The number of hydrogen-bond donors (Lipinski definition) is 1. The van der Waals surface area contributed by atoms with Gasteiger partial charge in [0.2, 0.25) is 10.0 Å². The monoisotopic (exact) mass is 279 g/mol. The van der Waals surface area contributed by atoms with Crippen molar-refractivity contribution in [2.45, 2.75) is 5.75 Å². The van der Waals surface area contributed by atoms with Crippen LogP contribution in [0.2, 0.25) is 0 Å². The minimum absolute atomic E-state index is 0.171. The minimum atomic E-state index is -3.48. The van der Waals surface area contributed by atoms with Gasteiger partial charge in [-0.15, -0.1) is 0 Å². The number of methoxy groups -OCH3 is 1. The molecule has 0 bridgehead atoms. The topological polar surface area (TPSA) is 69.4 Å². The standard InChI is InChI=1S/C8H10BrNO3S/c1-13-8-3-2-6(4-7(8)9)5-14(10,11)12/h2-4H,5H2,1H3,(H2,10,11,12). The predicted molar refractivity (Wildman–Crippen MR) is 57.5 cm³/mol. The van der Waals surface area contributed by atoms with Crippen LogP contribution in [-0.2, 0) is 15.8 Å². The van der Waals surface area contributed by atoms with E-state index in [1.807, 2.05) is 0 Å². The Morgan fingerprint density at radius 3 is 2.57 bits per heavy atom. The van der Waals surface area contributed by atoms with E-state index in [1.165, 1.54) is 0 Å². The first-order valence-corrected chi connectivity index (χ1v) is 6.26. The molecule has 0 radical (unpaired) electrons. The molecular formula is C8H10BrNO3S. The Balaban J connectivity index is 2.98. The average Bonchev–Trinajstić information content (AvgIpc) is 2.01. The third kappa shape index (κ3) is 3.28. The van der Waals surface area contributed by atoms with Crippen molar-refractivity contribution in [3.63, 3.8) is 0 Å². The molecule has 0 amide bonds. The number of rotatable bonds is 3. The number of ether oxygens (including phenoxy) is 1. The fraction of sp³-hybridized carbons (Fsp3) is 0.250. The molecule has 1 rings (SSSR count). The lowest BCUT2D eigenvalue weighted by Gasteiger charge is -2.05. The molecule has 0 saturated heterocycles. The Morgan fingerprint density at radius 1 is 1.50 bits per heavy atom. The summed E-state index contributed by atoms with van der Waals surface area (Å²) in [5, 5.41) is 4.91. The third-order valence-corrected chi connectivity index (χ3v) is 2.94. The quantitative estimate of drug-likeness (QED) is 0.905. The molecule has 6 heteroatoms. The second kappa shape index (κ2) is 4.29. The van der Waals surface area contributed by atoms with Crippen molar-refractivity contribution in [1.82, 2.24) is 0 Å². The number of nitrogens with two attached hydrogens (primary N) is 1. The Kier molecular flexibility index (Phi) is 3.52. The fourth-order valence-corrected chi connectivity index (χ4v) is 2.26.